The number of nitrogens with zero attached hydrogens (tertiary/aromatic N) is 2. The maximum Gasteiger partial charge on any atom is 0.326 e. The van der Waals surface area contributed by atoms with E-state index in [1.807, 2.05) is 0 Å². The van der Waals surface area contributed by atoms with E-state index in [0.29, 0.717) is 6.42 Å². The number of carbonyl (C=O) groups excluding carboxylic acids is 4. The second kappa shape index (κ2) is 16.5. The minimum absolute atomic E-state index is 0.0233. The summed E-state index contributed by atoms with van der Waals surface area (Å²) in [6, 6.07) is -3.72. The number of carbonyl (C=O) groups is 5. The quantitative estimate of drug-likeness (QED) is 0.0508. The largest absolute Gasteiger partial charge is 0.480 e. The lowest BCUT2D eigenvalue weighted by atomic mass is 10.1. The van der Waals surface area contributed by atoms with Gasteiger partial charge in [-0.1, -0.05) is 0 Å². The van der Waals surface area contributed by atoms with Gasteiger partial charge in [-0.15, -0.1) is 0 Å². The molecule has 0 radical (unpaired) electrons. The molecule has 198 valence electrons. The Labute approximate surface area is 201 Å². The van der Waals surface area contributed by atoms with E-state index in [1.54, 1.807) is 0 Å². The summed E-state index contributed by atoms with van der Waals surface area (Å²) < 4.78 is 0. The van der Waals surface area contributed by atoms with Crippen LogP contribution in [0.4, 0.5) is 0 Å². The predicted molar refractivity (Wildman–Crippen MR) is 126 cm³/mol. The summed E-state index contributed by atoms with van der Waals surface area (Å²) in [5.74, 6) is -4.90. The van der Waals surface area contributed by atoms with Crippen LogP contribution in [0.2, 0.25) is 0 Å². The number of carboxylic acid groups (broad SMARTS) is 1. The normalized spacial score (nSPS) is 12.8. The Kier molecular flexibility index (Phi) is 14.5. The van der Waals surface area contributed by atoms with Gasteiger partial charge >= 0.3 is 5.97 Å². The summed E-state index contributed by atoms with van der Waals surface area (Å²) in [5, 5.41) is 16.1. The summed E-state index contributed by atoms with van der Waals surface area (Å²) in [4.78, 5) is 66.8. The summed E-state index contributed by atoms with van der Waals surface area (Å²) >= 11 is 0. The van der Waals surface area contributed by atoms with Gasteiger partial charge in [0.2, 0.25) is 23.6 Å². The zero-order chi connectivity index (χ0) is 27.0. The minimum Gasteiger partial charge on any atom is -0.480 e. The molecular weight excluding hydrogens is 466 g/mol. The molecule has 0 aromatic heterocycles. The number of hydrogen-bond donors (Lipinski definition) is 10. The number of aliphatic carboxylic acids is 1. The van der Waals surface area contributed by atoms with Crippen LogP contribution in [-0.4, -0.2) is 84.4 Å². The van der Waals surface area contributed by atoms with Gasteiger partial charge in [-0.05, 0) is 25.7 Å². The minimum atomic E-state index is -1.59. The molecule has 35 heavy (non-hydrogen) atoms. The molecule has 3 atom stereocenters. The van der Waals surface area contributed by atoms with Crippen LogP contribution in [0.3, 0.4) is 0 Å². The number of hydrogen-bond acceptors (Lipinski definition) is 8. The Morgan fingerprint density at radius 2 is 1.31 bits per heavy atom. The van der Waals surface area contributed by atoms with E-state index in [0.717, 1.165) is 0 Å². The van der Waals surface area contributed by atoms with Crippen LogP contribution in [0.1, 0.15) is 32.1 Å². The SMILES string of the molecule is NC(=O)CC(NC(=O)C(CCCN=C(N)N)NC(=O)CNC(=O)C(N)CCCN=C(N)N)C(=O)O. The molecule has 17 heteroatoms. The van der Waals surface area contributed by atoms with Gasteiger partial charge in [0, 0.05) is 13.1 Å². The van der Waals surface area contributed by atoms with Crippen molar-refractivity contribution in [2.75, 3.05) is 19.6 Å². The number of guanidine groups is 2. The molecule has 0 aliphatic carbocycles. The van der Waals surface area contributed by atoms with Gasteiger partial charge in [-0.2, -0.15) is 0 Å². The molecule has 4 amide bonds. The van der Waals surface area contributed by atoms with Crippen LogP contribution in [-0.2, 0) is 24.0 Å². The molecule has 0 aliphatic heterocycles. The van der Waals surface area contributed by atoms with Crippen LogP contribution in [0, 0.1) is 0 Å². The molecule has 0 saturated carbocycles. The fourth-order valence-corrected chi connectivity index (χ4v) is 2.64. The summed E-state index contributed by atoms with van der Waals surface area (Å²) in [5.41, 5.74) is 31.6. The molecule has 0 bridgehead atoms. The topological polar surface area (TPSA) is 323 Å². The van der Waals surface area contributed by atoms with Crippen molar-refractivity contribution in [2.24, 2.45) is 44.4 Å². The van der Waals surface area contributed by atoms with E-state index >= 15 is 0 Å². The third-order valence-electron chi connectivity index (χ3n) is 4.34. The van der Waals surface area contributed by atoms with E-state index in [4.69, 9.17) is 34.4 Å². The molecule has 0 saturated heterocycles. The number of nitrogens with one attached hydrogen (secondary N) is 3. The monoisotopic (exact) mass is 501 g/mol. The van der Waals surface area contributed by atoms with Crippen molar-refractivity contribution >= 4 is 41.5 Å². The molecule has 0 aromatic carbocycles. The fraction of sp³-hybridized carbons (Fsp3) is 0.611. The van der Waals surface area contributed by atoms with Gasteiger partial charge in [0.1, 0.15) is 12.1 Å². The maximum atomic E-state index is 12.6. The third-order valence-corrected chi connectivity index (χ3v) is 4.34. The van der Waals surface area contributed by atoms with Crippen LogP contribution >= 0.6 is 0 Å². The highest BCUT2D eigenvalue weighted by Gasteiger charge is 2.27. The van der Waals surface area contributed by atoms with Crippen molar-refractivity contribution in [3.63, 3.8) is 0 Å². The van der Waals surface area contributed by atoms with Crippen molar-refractivity contribution in [3.8, 4) is 0 Å². The Bertz CT molecular complexity index is 809. The smallest absolute Gasteiger partial charge is 0.326 e. The lowest BCUT2D eigenvalue weighted by Crippen LogP contribution is -2.54. The van der Waals surface area contributed by atoms with Gasteiger partial charge in [0.05, 0.1) is 19.0 Å². The Morgan fingerprint density at radius 1 is 0.771 bits per heavy atom. The average molecular weight is 502 g/mol. The van der Waals surface area contributed by atoms with Crippen LogP contribution in [0.25, 0.3) is 0 Å². The highest BCUT2D eigenvalue weighted by Crippen LogP contribution is 2.02. The average Bonchev–Trinajstić information content (AvgIpc) is 2.75. The number of primary amides is 1. The molecule has 17 nitrogen and oxygen atoms in total. The Morgan fingerprint density at radius 3 is 1.80 bits per heavy atom. The van der Waals surface area contributed by atoms with Gasteiger partial charge in [-0.3, -0.25) is 29.2 Å². The van der Waals surface area contributed by atoms with Gasteiger partial charge in [0.25, 0.3) is 0 Å². The summed E-state index contributed by atoms with van der Waals surface area (Å²) in [6.07, 6.45) is 0.322. The van der Waals surface area contributed by atoms with Gasteiger partial charge in [-0.25, -0.2) is 4.79 Å². The van der Waals surface area contributed by atoms with Crippen LogP contribution in [0.15, 0.2) is 9.98 Å². The van der Waals surface area contributed by atoms with Crippen LogP contribution < -0.4 is 50.4 Å². The van der Waals surface area contributed by atoms with Crippen molar-refractivity contribution < 1.29 is 29.1 Å². The number of amides is 4. The molecule has 16 N–H and O–H groups in total. The highest BCUT2D eigenvalue weighted by atomic mass is 16.4. The van der Waals surface area contributed by atoms with Crippen molar-refractivity contribution in [2.45, 2.75) is 50.2 Å². The number of aliphatic imine (C=N–C) groups is 2. The van der Waals surface area contributed by atoms with Gasteiger partial charge in [0.15, 0.2) is 11.9 Å². The molecule has 0 aromatic rings. The Balaban J connectivity index is 4.97. The van der Waals surface area contributed by atoms with E-state index in [-0.39, 0.29) is 44.3 Å². The maximum absolute atomic E-state index is 12.6. The number of carboxylic acids is 1. The number of nitrogens with two attached hydrogens (primary N) is 6. The van der Waals surface area contributed by atoms with Crippen molar-refractivity contribution in [1.82, 2.24) is 16.0 Å². The third kappa shape index (κ3) is 15.3. The predicted octanol–water partition coefficient (Wildman–Crippen LogP) is -5.53. The first kappa shape index (κ1) is 30.8. The first-order valence-electron chi connectivity index (χ1n) is 10.6. The molecular formula is C18H35N11O6. The second-order valence-electron chi connectivity index (χ2n) is 7.41. The first-order chi connectivity index (χ1) is 16.3. The summed E-state index contributed by atoms with van der Waals surface area (Å²) in [6.45, 7) is -0.0770. The second-order valence-corrected chi connectivity index (χ2v) is 7.41. The molecule has 0 fully saturated rings. The first-order valence-corrected chi connectivity index (χ1v) is 10.6. The summed E-state index contributed by atoms with van der Waals surface area (Å²) in [7, 11) is 0. The van der Waals surface area contributed by atoms with E-state index < -0.39 is 60.7 Å². The van der Waals surface area contributed by atoms with Gasteiger partial charge < -0.3 is 55.5 Å². The molecule has 0 rings (SSSR count). The standard InChI is InChI=1S/C18H35N11O6/c19-9(3-1-5-25-17(21)22)14(32)27-8-13(31)28-10(4-2-6-26-18(23)24)15(33)29-11(16(34)35)7-12(20)30/h9-11H,1-8,19H2,(H2,20,30)(H,27,32)(H,28,31)(H,29,33)(H,34,35)(H4,21,22,25)(H4,23,24,26). The Hall–Kier alpha value is -4.15. The van der Waals surface area contributed by atoms with Crippen molar-refractivity contribution in [3.05, 3.63) is 0 Å². The van der Waals surface area contributed by atoms with E-state index in [9.17, 15) is 29.1 Å². The lowest BCUT2D eigenvalue weighted by molar-refractivity contribution is -0.143. The molecule has 3 unspecified atom stereocenters. The highest BCUT2D eigenvalue weighted by molar-refractivity contribution is 5.93. The van der Waals surface area contributed by atoms with Crippen molar-refractivity contribution in [1.29, 1.82) is 0 Å². The fourth-order valence-electron chi connectivity index (χ4n) is 2.64. The van der Waals surface area contributed by atoms with E-state index in [2.05, 4.69) is 25.9 Å². The number of rotatable bonds is 17. The van der Waals surface area contributed by atoms with Crippen LogP contribution in [0.5, 0.6) is 0 Å². The zero-order valence-corrected chi connectivity index (χ0v) is 19.2. The zero-order valence-electron chi connectivity index (χ0n) is 19.2. The lowest BCUT2D eigenvalue weighted by Gasteiger charge is -2.21. The molecule has 0 heterocycles. The molecule has 0 aliphatic rings. The molecule has 0 spiro atoms. The van der Waals surface area contributed by atoms with E-state index in [1.165, 1.54) is 0 Å².